The summed E-state index contributed by atoms with van der Waals surface area (Å²) in [6.07, 6.45) is 3.75. The van der Waals surface area contributed by atoms with Gasteiger partial charge in [-0.15, -0.1) is 0 Å². The summed E-state index contributed by atoms with van der Waals surface area (Å²) < 4.78 is 5.77. The molecule has 0 aromatic carbocycles. The van der Waals surface area contributed by atoms with E-state index >= 15 is 0 Å². The first-order chi connectivity index (χ1) is 5.92. The van der Waals surface area contributed by atoms with Gasteiger partial charge in [-0.2, -0.15) is 0 Å². The van der Waals surface area contributed by atoms with Crippen molar-refractivity contribution < 1.29 is 4.74 Å². The predicted molar refractivity (Wildman–Crippen MR) is 56.8 cm³/mol. The van der Waals surface area contributed by atoms with E-state index in [1.807, 2.05) is 0 Å². The van der Waals surface area contributed by atoms with Crippen LogP contribution in [0.3, 0.4) is 0 Å². The number of hydrogen-bond acceptors (Lipinski definition) is 1. The summed E-state index contributed by atoms with van der Waals surface area (Å²) in [5, 5.41) is 0. The molecule has 0 aromatic rings. The molecule has 1 aliphatic rings. The largest absolute Gasteiger partial charge is 0.376 e. The van der Waals surface area contributed by atoms with Crippen molar-refractivity contribution in [2.45, 2.75) is 59.5 Å². The van der Waals surface area contributed by atoms with E-state index in [-0.39, 0.29) is 5.60 Å². The Bertz CT molecular complexity index is 172. The number of ether oxygens (including phenoxy) is 1. The van der Waals surface area contributed by atoms with Crippen molar-refractivity contribution in [3.8, 4) is 0 Å². The third-order valence-electron chi connectivity index (χ3n) is 3.80. The molecule has 0 amide bonds. The molecule has 1 unspecified atom stereocenters. The Kier molecular flexibility index (Phi) is 3.06. The Balaban J connectivity index is 2.76. The second-order valence-electron chi connectivity index (χ2n) is 5.41. The molecular formula is C12H24O. The van der Waals surface area contributed by atoms with Gasteiger partial charge >= 0.3 is 0 Å². The quantitative estimate of drug-likeness (QED) is 0.637. The summed E-state index contributed by atoms with van der Waals surface area (Å²) in [7, 11) is 0. The minimum atomic E-state index is 0.0958. The van der Waals surface area contributed by atoms with Gasteiger partial charge in [0.2, 0.25) is 0 Å². The molecule has 0 bridgehead atoms. The second kappa shape index (κ2) is 3.61. The highest BCUT2D eigenvalue weighted by molar-refractivity contribution is 4.91. The van der Waals surface area contributed by atoms with E-state index in [1.165, 1.54) is 19.3 Å². The van der Waals surface area contributed by atoms with Crippen molar-refractivity contribution in [2.24, 2.45) is 11.3 Å². The highest BCUT2D eigenvalue weighted by Gasteiger charge is 2.41. The zero-order chi connectivity index (χ0) is 10.1. The molecule has 1 aliphatic heterocycles. The van der Waals surface area contributed by atoms with Gasteiger partial charge in [-0.3, -0.25) is 0 Å². The highest BCUT2D eigenvalue weighted by atomic mass is 16.5. The molecule has 0 N–H and O–H groups in total. The lowest BCUT2D eigenvalue weighted by molar-refractivity contribution is -0.119. The Morgan fingerprint density at radius 1 is 1.31 bits per heavy atom. The molecule has 1 heteroatoms. The van der Waals surface area contributed by atoms with Crippen LogP contribution in [0.4, 0.5) is 0 Å². The van der Waals surface area contributed by atoms with Crippen molar-refractivity contribution in [2.75, 3.05) is 6.61 Å². The molecule has 1 saturated heterocycles. The standard InChI is InChI=1S/C12H24O/c1-6-12(10(2)3)7-8-13-11(4,5)9-12/h10H,6-9H2,1-5H3. The van der Waals surface area contributed by atoms with Crippen LogP contribution in [0.15, 0.2) is 0 Å². The van der Waals surface area contributed by atoms with Gasteiger partial charge in [0.25, 0.3) is 0 Å². The Labute approximate surface area is 82.9 Å². The summed E-state index contributed by atoms with van der Waals surface area (Å²) in [5.74, 6) is 0.778. The average Bonchev–Trinajstić information content (AvgIpc) is 2.02. The molecule has 1 rings (SSSR count). The number of hydrogen-bond donors (Lipinski definition) is 0. The van der Waals surface area contributed by atoms with Crippen LogP contribution in [-0.4, -0.2) is 12.2 Å². The lowest BCUT2D eigenvalue weighted by Gasteiger charge is -2.47. The molecule has 78 valence electrons. The van der Waals surface area contributed by atoms with Crippen LogP contribution in [0, 0.1) is 11.3 Å². The Hall–Kier alpha value is -0.0400. The zero-order valence-corrected chi connectivity index (χ0v) is 9.81. The van der Waals surface area contributed by atoms with Gasteiger partial charge in [0, 0.05) is 6.61 Å². The predicted octanol–water partition coefficient (Wildman–Crippen LogP) is 3.63. The molecular weight excluding hydrogens is 160 g/mol. The summed E-state index contributed by atoms with van der Waals surface area (Å²) in [5.41, 5.74) is 0.625. The maximum atomic E-state index is 5.77. The summed E-state index contributed by atoms with van der Waals surface area (Å²) in [6, 6.07) is 0. The highest BCUT2D eigenvalue weighted by Crippen LogP contribution is 2.46. The lowest BCUT2D eigenvalue weighted by Crippen LogP contribution is -2.43. The van der Waals surface area contributed by atoms with Crippen LogP contribution in [0.1, 0.15) is 53.9 Å². The second-order valence-corrected chi connectivity index (χ2v) is 5.41. The maximum absolute atomic E-state index is 5.77. The van der Waals surface area contributed by atoms with E-state index in [1.54, 1.807) is 0 Å². The lowest BCUT2D eigenvalue weighted by atomic mass is 9.65. The van der Waals surface area contributed by atoms with E-state index in [2.05, 4.69) is 34.6 Å². The minimum absolute atomic E-state index is 0.0958. The SMILES string of the molecule is CCC1(C(C)C)CCOC(C)(C)C1. The summed E-state index contributed by atoms with van der Waals surface area (Å²) >= 11 is 0. The molecule has 1 heterocycles. The van der Waals surface area contributed by atoms with Gasteiger partial charge in [-0.05, 0) is 38.0 Å². The van der Waals surface area contributed by atoms with Crippen molar-refractivity contribution in [3.63, 3.8) is 0 Å². The summed E-state index contributed by atoms with van der Waals surface area (Å²) in [6.45, 7) is 12.4. The molecule has 0 aliphatic carbocycles. The fourth-order valence-electron chi connectivity index (χ4n) is 2.72. The van der Waals surface area contributed by atoms with E-state index in [9.17, 15) is 0 Å². The first kappa shape index (κ1) is 11.0. The maximum Gasteiger partial charge on any atom is 0.0631 e. The van der Waals surface area contributed by atoms with Crippen molar-refractivity contribution in [3.05, 3.63) is 0 Å². The third-order valence-corrected chi connectivity index (χ3v) is 3.80. The fourth-order valence-corrected chi connectivity index (χ4v) is 2.72. The Morgan fingerprint density at radius 2 is 1.92 bits per heavy atom. The molecule has 1 fully saturated rings. The van der Waals surface area contributed by atoms with E-state index in [4.69, 9.17) is 4.74 Å². The van der Waals surface area contributed by atoms with Crippen molar-refractivity contribution in [1.29, 1.82) is 0 Å². The molecule has 0 spiro atoms. The van der Waals surface area contributed by atoms with Crippen LogP contribution >= 0.6 is 0 Å². The number of rotatable bonds is 2. The van der Waals surface area contributed by atoms with Crippen molar-refractivity contribution >= 4 is 0 Å². The minimum Gasteiger partial charge on any atom is -0.376 e. The molecule has 0 radical (unpaired) electrons. The summed E-state index contributed by atoms with van der Waals surface area (Å²) in [4.78, 5) is 0. The first-order valence-corrected chi connectivity index (χ1v) is 5.56. The van der Waals surface area contributed by atoms with Gasteiger partial charge < -0.3 is 4.74 Å². The van der Waals surface area contributed by atoms with Gasteiger partial charge in [0.1, 0.15) is 0 Å². The van der Waals surface area contributed by atoms with Gasteiger partial charge in [-0.1, -0.05) is 27.2 Å². The average molecular weight is 184 g/mol. The topological polar surface area (TPSA) is 9.23 Å². The molecule has 0 saturated carbocycles. The van der Waals surface area contributed by atoms with Gasteiger partial charge in [0.05, 0.1) is 5.60 Å². The van der Waals surface area contributed by atoms with Crippen molar-refractivity contribution in [1.82, 2.24) is 0 Å². The van der Waals surface area contributed by atoms with Crippen LogP contribution in [0.25, 0.3) is 0 Å². The van der Waals surface area contributed by atoms with E-state index < -0.39 is 0 Å². The molecule has 1 atom stereocenters. The molecule has 0 aromatic heterocycles. The van der Waals surface area contributed by atoms with Crippen LogP contribution in [-0.2, 0) is 4.74 Å². The molecule has 13 heavy (non-hydrogen) atoms. The smallest absolute Gasteiger partial charge is 0.0631 e. The normalized spacial score (nSPS) is 33.7. The third kappa shape index (κ3) is 2.25. The molecule has 1 nitrogen and oxygen atoms in total. The monoisotopic (exact) mass is 184 g/mol. The van der Waals surface area contributed by atoms with Crippen LogP contribution in [0.2, 0.25) is 0 Å². The van der Waals surface area contributed by atoms with Crippen LogP contribution < -0.4 is 0 Å². The van der Waals surface area contributed by atoms with Gasteiger partial charge in [0.15, 0.2) is 0 Å². The fraction of sp³-hybridized carbons (Fsp3) is 1.00. The van der Waals surface area contributed by atoms with E-state index in [0.29, 0.717) is 5.41 Å². The first-order valence-electron chi connectivity index (χ1n) is 5.56. The van der Waals surface area contributed by atoms with Gasteiger partial charge in [-0.25, -0.2) is 0 Å². The van der Waals surface area contributed by atoms with Crippen LogP contribution in [0.5, 0.6) is 0 Å². The van der Waals surface area contributed by atoms with E-state index in [0.717, 1.165) is 12.5 Å². The Morgan fingerprint density at radius 3 is 2.23 bits per heavy atom. The zero-order valence-electron chi connectivity index (χ0n) is 9.81.